The van der Waals surface area contributed by atoms with Gasteiger partial charge in [0, 0.05) is 59.8 Å². The van der Waals surface area contributed by atoms with E-state index in [0.29, 0.717) is 11.8 Å². The van der Waals surface area contributed by atoms with E-state index in [9.17, 15) is 0 Å². The van der Waals surface area contributed by atoms with Crippen molar-refractivity contribution in [3.63, 3.8) is 0 Å². The van der Waals surface area contributed by atoms with E-state index in [0.717, 1.165) is 60.9 Å². The Hall–Kier alpha value is -5.33. The van der Waals surface area contributed by atoms with Crippen molar-refractivity contribution in [1.82, 2.24) is 19.9 Å². The molecule has 6 aromatic carbocycles. The minimum Gasteiger partial charge on any atom is -0.500 e. The van der Waals surface area contributed by atoms with Crippen LogP contribution in [0.3, 0.4) is 0 Å². The van der Waals surface area contributed by atoms with Gasteiger partial charge in [0.25, 0.3) is 0 Å². The minimum absolute atomic E-state index is 0. The van der Waals surface area contributed by atoms with Crippen molar-refractivity contribution in [3.05, 3.63) is 151 Å². The average molecular weight is 925 g/mol. The van der Waals surface area contributed by atoms with Crippen LogP contribution in [0.2, 0.25) is 19.6 Å². The average Bonchev–Trinajstić information content (AvgIpc) is 3.60. The Balaban J connectivity index is 0.000000238. The maximum atomic E-state index is 6.74. The summed E-state index contributed by atoms with van der Waals surface area (Å²) in [6.45, 7) is 15.8. The quantitative estimate of drug-likeness (QED) is 0.0944. The number of fused-ring (bicyclic) bond motifs is 7. The molecule has 1 radical (unpaired) electrons. The summed E-state index contributed by atoms with van der Waals surface area (Å²) in [6.07, 6.45) is 5.42. The van der Waals surface area contributed by atoms with Gasteiger partial charge in [-0.2, -0.15) is 0 Å². The molecule has 0 unspecified atom stereocenters. The summed E-state index contributed by atoms with van der Waals surface area (Å²) in [4.78, 5) is 18.4. The van der Waals surface area contributed by atoms with Crippen molar-refractivity contribution in [2.45, 2.75) is 59.2 Å². The molecule has 0 N–H and O–H groups in total. The third-order valence-corrected chi connectivity index (χ3v) is 12.1. The SMILES string of the molecule is CC(C)c1cccc(C(C)C)c1-c1cc(-c2[c-]ccc3c2oc2c3ccc3ccc4ccccc4c32)ncn1.C[Si](C)(C)c1cnc(-c2[c-]cccc2)cn1.[Ir]. The third-order valence-electron chi connectivity index (χ3n) is 10.3. The monoisotopic (exact) mass is 925 g/mol. The second-order valence-electron chi connectivity index (χ2n) is 15.7. The van der Waals surface area contributed by atoms with Crippen LogP contribution in [-0.4, -0.2) is 28.0 Å². The number of benzene rings is 6. The molecule has 0 saturated heterocycles. The largest absolute Gasteiger partial charge is 0.500 e. The van der Waals surface area contributed by atoms with E-state index < -0.39 is 8.07 Å². The fourth-order valence-corrected chi connectivity index (χ4v) is 8.27. The molecule has 56 heavy (non-hydrogen) atoms. The topological polar surface area (TPSA) is 64.7 Å². The molecule has 3 heterocycles. The van der Waals surface area contributed by atoms with Crippen LogP contribution in [0.4, 0.5) is 0 Å². The maximum absolute atomic E-state index is 6.74. The van der Waals surface area contributed by atoms with Gasteiger partial charge in [0.15, 0.2) is 0 Å². The Morgan fingerprint density at radius 3 is 1.96 bits per heavy atom. The van der Waals surface area contributed by atoms with Gasteiger partial charge in [-0.05, 0) is 44.8 Å². The molecule has 0 amide bonds. The molecule has 0 aliphatic carbocycles. The minimum atomic E-state index is -1.34. The van der Waals surface area contributed by atoms with E-state index in [-0.39, 0.29) is 20.1 Å². The first kappa shape index (κ1) is 38.9. The van der Waals surface area contributed by atoms with E-state index in [1.807, 2.05) is 42.7 Å². The van der Waals surface area contributed by atoms with E-state index in [2.05, 4.69) is 148 Å². The summed E-state index contributed by atoms with van der Waals surface area (Å²) in [7, 11) is -1.34. The van der Waals surface area contributed by atoms with Gasteiger partial charge in [0.05, 0.1) is 11.3 Å². The van der Waals surface area contributed by atoms with Crippen molar-refractivity contribution >= 4 is 56.9 Å². The Kier molecular flexibility index (Phi) is 11.1. The zero-order valence-corrected chi connectivity index (χ0v) is 36.2. The van der Waals surface area contributed by atoms with Gasteiger partial charge in [-0.25, -0.2) is 4.98 Å². The van der Waals surface area contributed by atoms with Crippen LogP contribution < -0.4 is 5.32 Å². The molecule has 0 saturated carbocycles. The molecule has 7 heteroatoms. The van der Waals surface area contributed by atoms with Crippen molar-refractivity contribution in [2.75, 3.05) is 0 Å². The van der Waals surface area contributed by atoms with Gasteiger partial charge in [-0.15, -0.1) is 54.1 Å². The molecule has 5 nitrogen and oxygen atoms in total. The zero-order valence-electron chi connectivity index (χ0n) is 32.8. The van der Waals surface area contributed by atoms with Crippen LogP contribution in [0.15, 0.2) is 132 Å². The number of hydrogen-bond acceptors (Lipinski definition) is 5. The van der Waals surface area contributed by atoms with Gasteiger partial charge in [0.1, 0.15) is 20.0 Å². The maximum Gasteiger partial charge on any atom is 0.129 e. The van der Waals surface area contributed by atoms with Gasteiger partial charge in [-0.3, -0.25) is 9.97 Å². The molecular weight excluding hydrogens is 881 g/mol. The number of aromatic nitrogens is 4. The predicted molar refractivity (Wildman–Crippen MR) is 231 cm³/mol. The van der Waals surface area contributed by atoms with Crippen molar-refractivity contribution in [1.29, 1.82) is 0 Å². The van der Waals surface area contributed by atoms with E-state index in [1.54, 1.807) is 6.33 Å². The summed E-state index contributed by atoms with van der Waals surface area (Å²) in [5.74, 6) is 0.760. The fraction of sp³-hybridized carbons (Fsp3) is 0.184. The van der Waals surface area contributed by atoms with Crippen molar-refractivity contribution < 1.29 is 24.5 Å². The van der Waals surface area contributed by atoms with Crippen molar-refractivity contribution in [2.24, 2.45) is 0 Å². The molecule has 9 aromatic rings. The molecule has 0 aliphatic heterocycles. The van der Waals surface area contributed by atoms with Crippen LogP contribution in [-0.2, 0) is 20.1 Å². The predicted octanol–water partition coefficient (Wildman–Crippen LogP) is 12.5. The van der Waals surface area contributed by atoms with Gasteiger partial charge < -0.3 is 9.40 Å². The molecule has 0 fully saturated rings. The van der Waals surface area contributed by atoms with Crippen LogP contribution in [0.5, 0.6) is 0 Å². The fourth-order valence-electron chi connectivity index (χ4n) is 7.36. The van der Waals surface area contributed by atoms with Crippen molar-refractivity contribution in [3.8, 4) is 33.8 Å². The Labute approximate surface area is 343 Å². The Bertz CT molecular complexity index is 2780. The van der Waals surface area contributed by atoms with Crippen LogP contribution in [0, 0.1) is 12.1 Å². The number of hydrogen-bond donors (Lipinski definition) is 0. The summed E-state index contributed by atoms with van der Waals surface area (Å²) in [5, 5.41) is 8.03. The molecule has 0 atom stereocenters. The summed E-state index contributed by atoms with van der Waals surface area (Å²) < 4.78 is 6.74. The van der Waals surface area contributed by atoms with Crippen LogP contribution in [0.1, 0.15) is 50.7 Å². The van der Waals surface area contributed by atoms with Gasteiger partial charge in [0.2, 0.25) is 0 Å². The number of furan rings is 1. The summed E-state index contributed by atoms with van der Waals surface area (Å²) in [5.41, 5.74) is 10.0. The molecule has 0 aliphatic rings. The van der Waals surface area contributed by atoms with Crippen LogP contribution in [0.25, 0.3) is 77.3 Å². The molecule has 3 aromatic heterocycles. The normalized spacial score (nSPS) is 11.7. The first-order valence-corrected chi connectivity index (χ1v) is 22.5. The van der Waals surface area contributed by atoms with Gasteiger partial charge in [-0.1, -0.05) is 131 Å². The van der Waals surface area contributed by atoms with Gasteiger partial charge >= 0.3 is 0 Å². The second kappa shape index (κ2) is 16.0. The Morgan fingerprint density at radius 1 is 0.571 bits per heavy atom. The third kappa shape index (κ3) is 7.47. The number of rotatable bonds is 6. The molecule has 0 spiro atoms. The number of nitrogens with zero attached hydrogens (tertiary/aromatic N) is 4. The van der Waals surface area contributed by atoms with E-state index in [4.69, 9.17) is 14.4 Å². The standard InChI is InChI=1S/C36H29N2O.C13H15N2Si.Ir/c1-21(2)25-11-7-12-26(22(3)4)34(25)32-19-31(37-20-38-32)30-14-8-13-28-29-18-17-24-16-15-23-9-5-6-10-27(23)33(24)36(29)39-35(28)30;1-16(2,3)13-10-14-12(9-15-13)11-7-5-4-6-8-11;/h5-13,15-22H,1-4H3;4-7,9-10H,1-3H3;/q2*-1;. The Morgan fingerprint density at radius 2 is 1.27 bits per heavy atom. The molecular formula is C49H44IrN4OSi-2. The smallest absolute Gasteiger partial charge is 0.129 e. The first-order chi connectivity index (χ1) is 26.6. The molecule has 0 bridgehead atoms. The summed E-state index contributed by atoms with van der Waals surface area (Å²) >= 11 is 0. The molecule has 9 rings (SSSR count). The summed E-state index contributed by atoms with van der Waals surface area (Å²) in [6, 6.07) is 44.4. The van der Waals surface area contributed by atoms with E-state index >= 15 is 0 Å². The van der Waals surface area contributed by atoms with Crippen LogP contribution >= 0.6 is 0 Å². The zero-order chi connectivity index (χ0) is 38.3. The second-order valence-corrected chi connectivity index (χ2v) is 20.8. The van der Waals surface area contributed by atoms with E-state index in [1.165, 1.54) is 32.8 Å². The molecule has 281 valence electrons. The first-order valence-electron chi connectivity index (χ1n) is 19.0.